The Balaban J connectivity index is 3.70. The van der Waals surface area contributed by atoms with Crippen LogP contribution in [0.3, 0.4) is 0 Å². The van der Waals surface area contributed by atoms with Gasteiger partial charge in [0.05, 0.1) is 0 Å². The molecule has 0 saturated carbocycles. The molecule has 0 amide bonds. The summed E-state index contributed by atoms with van der Waals surface area (Å²) in [7, 11) is 0. The minimum absolute atomic E-state index is 0.259. The van der Waals surface area contributed by atoms with Crippen LogP contribution in [0.1, 0.15) is 91.4 Å². The number of hydrogen-bond donors (Lipinski definition) is 1. The van der Waals surface area contributed by atoms with E-state index < -0.39 is 5.97 Å². The zero-order chi connectivity index (χ0) is 19.5. The van der Waals surface area contributed by atoms with Gasteiger partial charge in [0.15, 0.2) is 0 Å². The number of unbranched alkanes of at least 4 members (excludes halogenated alkanes) is 4. The van der Waals surface area contributed by atoms with E-state index >= 15 is 0 Å². The predicted octanol–water partition coefficient (Wildman–Crippen LogP) is 7.63. The van der Waals surface area contributed by atoms with Crippen LogP contribution in [0.2, 0.25) is 0 Å². The predicted molar refractivity (Wildman–Crippen MR) is 114 cm³/mol. The highest BCUT2D eigenvalue weighted by Gasteiger charge is 2.12. The van der Waals surface area contributed by atoms with Gasteiger partial charge in [0.25, 0.3) is 0 Å². The van der Waals surface area contributed by atoms with Crippen LogP contribution in [-0.2, 0) is 4.79 Å². The lowest BCUT2D eigenvalue weighted by Crippen LogP contribution is -2.06. The highest BCUT2D eigenvalue weighted by atomic mass is 16.4. The first-order valence-electron chi connectivity index (χ1n) is 10.3. The molecule has 0 saturated heterocycles. The van der Waals surface area contributed by atoms with Crippen molar-refractivity contribution < 1.29 is 9.90 Å². The molecule has 2 nitrogen and oxygen atoms in total. The van der Waals surface area contributed by atoms with E-state index in [1.165, 1.54) is 32.1 Å². The Hall–Kier alpha value is -1.57. The third kappa shape index (κ3) is 18.8. The molecule has 0 rings (SSSR count). The van der Waals surface area contributed by atoms with Gasteiger partial charge >= 0.3 is 5.97 Å². The maximum Gasteiger partial charge on any atom is 0.303 e. The molecule has 1 N–H and O–H groups in total. The number of carboxylic acids is 1. The summed E-state index contributed by atoms with van der Waals surface area (Å²) in [4.78, 5) is 10.4. The van der Waals surface area contributed by atoms with E-state index in [0.29, 0.717) is 5.41 Å². The van der Waals surface area contributed by atoms with Gasteiger partial charge in [-0.05, 0) is 43.9 Å². The van der Waals surface area contributed by atoms with Crippen LogP contribution < -0.4 is 0 Å². The lowest BCUT2D eigenvalue weighted by molar-refractivity contribution is -0.137. The summed E-state index contributed by atoms with van der Waals surface area (Å²) < 4.78 is 0. The van der Waals surface area contributed by atoms with Crippen LogP contribution in [0.5, 0.6) is 0 Å². The maximum absolute atomic E-state index is 10.4. The number of aliphatic carboxylic acids is 1. The monoisotopic (exact) mass is 360 g/mol. The van der Waals surface area contributed by atoms with E-state index in [1.807, 2.05) is 0 Å². The van der Waals surface area contributed by atoms with Crippen LogP contribution >= 0.6 is 0 Å². The number of allylic oxidation sites excluding steroid dienone is 8. The fourth-order valence-electron chi connectivity index (χ4n) is 2.68. The van der Waals surface area contributed by atoms with Gasteiger partial charge in [-0.3, -0.25) is 4.79 Å². The first-order chi connectivity index (χ1) is 12.5. The zero-order valence-corrected chi connectivity index (χ0v) is 17.3. The fraction of sp³-hybridized carbons (Fsp3) is 0.625. The van der Waals surface area contributed by atoms with Gasteiger partial charge in [0.1, 0.15) is 0 Å². The molecular formula is C24H40O2. The van der Waals surface area contributed by atoms with E-state index in [9.17, 15) is 4.79 Å². The molecule has 0 atom stereocenters. The van der Waals surface area contributed by atoms with Crippen molar-refractivity contribution in [1.82, 2.24) is 0 Å². The van der Waals surface area contributed by atoms with Crippen LogP contribution in [-0.4, -0.2) is 11.1 Å². The third-order valence-corrected chi connectivity index (χ3v) is 4.32. The van der Waals surface area contributed by atoms with E-state index in [0.717, 1.165) is 32.1 Å². The summed E-state index contributed by atoms with van der Waals surface area (Å²) in [6.07, 6.45) is 29.0. The van der Waals surface area contributed by atoms with Crippen molar-refractivity contribution >= 4 is 5.97 Å². The molecule has 26 heavy (non-hydrogen) atoms. The summed E-state index contributed by atoms with van der Waals surface area (Å²) in [6, 6.07) is 0. The highest BCUT2D eigenvalue weighted by Crippen LogP contribution is 2.25. The molecular weight excluding hydrogens is 320 g/mol. The molecule has 148 valence electrons. The molecule has 0 bridgehead atoms. The molecule has 0 aliphatic rings. The van der Waals surface area contributed by atoms with Crippen molar-refractivity contribution in [3.8, 4) is 0 Å². The molecule has 0 aromatic rings. The Bertz CT molecular complexity index is 453. The van der Waals surface area contributed by atoms with E-state index in [1.54, 1.807) is 0 Å². The summed E-state index contributed by atoms with van der Waals surface area (Å²) in [5, 5.41) is 8.54. The smallest absolute Gasteiger partial charge is 0.303 e. The molecule has 0 spiro atoms. The second-order valence-electron chi connectivity index (χ2n) is 7.61. The van der Waals surface area contributed by atoms with E-state index in [4.69, 9.17) is 5.11 Å². The Kier molecular flexibility index (Phi) is 15.9. The number of carbonyl (C=O) groups is 1. The van der Waals surface area contributed by atoms with Crippen molar-refractivity contribution in [3.05, 3.63) is 48.6 Å². The van der Waals surface area contributed by atoms with Crippen molar-refractivity contribution in [2.24, 2.45) is 5.41 Å². The largest absolute Gasteiger partial charge is 0.481 e. The van der Waals surface area contributed by atoms with E-state index in [2.05, 4.69) is 69.4 Å². The minimum Gasteiger partial charge on any atom is -0.481 e. The lowest BCUT2D eigenvalue weighted by atomic mass is 9.86. The van der Waals surface area contributed by atoms with Gasteiger partial charge in [0.2, 0.25) is 0 Å². The number of rotatable bonds is 16. The SMILES string of the molecule is CCCCCCC(C)(C)/C=C\C/C=C\C/C=C\C/C=C\CCCC(=O)O. The Morgan fingerprint density at radius 2 is 1.38 bits per heavy atom. The third-order valence-electron chi connectivity index (χ3n) is 4.32. The van der Waals surface area contributed by atoms with Gasteiger partial charge in [-0.2, -0.15) is 0 Å². The molecule has 0 aliphatic carbocycles. The molecule has 2 heteroatoms. The van der Waals surface area contributed by atoms with Gasteiger partial charge in [-0.1, -0.05) is 95.1 Å². The first-order valence-corrected chi connectivity index (χ1v) is 10.3. The quantitative estimate of drug-likeness (QED) is 0.227. The highest BCUT2D eigenvalue weighted by molar-refractivity contribution is 5.66. The molecule has 0 radical (unpaired) electrons. The van der Waals surface area contributed by atoms with Gasteiger partial charge in [-0.25, -0.2) is 0 Å². The zero-order valence-electron chi connectivity index (χ0n) is 17.3. The topological polar surface area (TPSA) is 37.3 Å². The molecule has 0 heterocycles. The van der Waals surface area contributed by atoms with Gasteiger partial charge in [0, 0.05) is 6.42 Å². The summed E-state index contributed by atoms with van der Waals surface area (Å²) >= 11 is 0. The molecule has 0 aromatic carbocycles. The first kappa shape index (κ1) is 24.4. The minimum atomic E-state index is -0.713. The Morgan fingerprint density at radius 3 is 1.96 bits per heavy atom. The molecule has 0 aliphatic heterocycles. The summed E-state index contributed by atoms with van der Waals surface area (Å²) in [5.74, 6) is -0.713. The number of hydrogen-bond acceptors (Lipinski definition) is 1. The van der Waals surface area contributed by atoms with Crippen molar-refractivity contribution in [2.75, 3.05) is 0 Å². The molecule has 0 fully saturated rings. The Morgan fingerprint density at radius 1 is 0.808 bits per heavy atom. The summed E-state index contributed by atoms with van der Waals surface area (Å²) in [5.41, 5.74) is 0.318. The van der Waals surface area contributed by atoms with Crippen LogP contribution in [0.15, 0.2) is 48.6 Å². The van der Waals surface area contributed by atoms with Crippen molar-refractivity contribution in [1.29, 1.82) is 0 Å². The normalized spacial score (nSPS) is 13.0. The van der Waals surface area contributed by atoms with E-state index in [-0.39, 0.29) is 6.42 Å². The average molecular weight is 361 g/mol. The number of carboxylic acid groups (broad SMARTS) is 1. The molecule has 0 aromatic heterocycles. The van der Waals surface area contributed by atoms with Gasteiger partial charge in [-0.15, -0.1) is 0 Å². The average Bonchev–Trinajstić information content (AvgIpc) is 2.58. The van der Waals surface area contributed by atoms with Crippen molar-refractivity contribution in [2.45, 2.75) is 91.4 Å². The van der Waals surface area contributed by atoms with Crippen molar-refractivity contribution in [3.63, 3.8) is 0 Å². The Labute approximate surface area is 161 Å². The summed E-state index contributed by atoms with van der Waals surface area (Å²) in [6.45, 7) is 6.92. The molecule has 0 unspecified atom stereocenters. The van der Waals surface area contributed by atoms with Crippen LogP contribution in [0.25, 0.3) is 0 Å². The standard InChI is InChI=1S/C24H40O2/c1-4-5-6-18-21-24(2,3)22-19-16-14-12-10-8-7-9-11-13-15-17-20-23(25)26/h7-8,11-14,19,22H,4-6,9-10,15-18,20-21H2,1-3H3,(H,25,26)/b8-7-,13-11-,14-12-,22-19-. The maximum atomic E-state index is 10.4. The fourth-order valence-corrected chi connectivity index (χ4v) is 2.68. The van der Waals surface area contributed by atoms with Crippen LogP contribution in [0, 0.1) is 5.41 Å². The second-order valence-corrected chi connectivity index (χ2v) is 7.61. The second kappa shape index (κ2) is 16.9. The van der Waals surface area contributed by atoms with Crippen LogP contribution in [0.4, 0.5) is 0 Å². The lowest BCUT2D eigenvalue weighted by Gasteiger charge is -2.19. The van der Waals surface area contributed by atoms with Gasteiger partial charge < -0.3 is 5.11 Å².